The summed E-state index contributed by atoms with van der Waals surface area (Å²) >= 11 is 5.95. The van der Waals surface area contributed by atoms with Crippen molar-refractivity contribution in [2.45, 2.75) is 32.9 Å². The fourth-order valence-corrected chi connectivity index (χ4v) is 2.41. The van der Waals surface area contributed by atoms with Gasteiger partial charge in [-0.3, -0.25) is 0 Å². The molecule has 1 fully saturated rings. The van der Waals surface area contributed by atoms with Gasteiger partial charge in [0.1, 0.15) is 16.8 Å². The molecule has 1 aromatic heterocycles. The van der Waals surface area contributed by atoms with Gasteiger partial charge in [-0.1, -0.05) is 11.6 Å². The van der Waals surface area contributed by atoms with Crippen LogP contribution in [0.25, 0.3) is 0 Å². The van der Waals surface area contributed by atoms with E-state index in [0.29, 0.717) is 17.2 Å². The Kier molecular flexibility index (Phi) is 3.30. The molecule has 0 radical (unpaired) electrons. The fourth-order valence-electron chi connectivity index (χ4n) is 2.19. The highest BCUT2D eigenvalue weighted by molar-refractivity contribution is 6.29. The van der Waals surface area contributed by atoms with Gasteiger partial charge in [-0.15, -0.1) is 0 Å². The quantitative estimate of drug-likeness (QED) is 0.758. The summed E-state index contributed by atoms with van der Waals surface area (Å²) in [5.41, 5.74) is 0. The van der Waals surface area contributed by atoms with Crippen molar-refractivity contribution in [1.82, 2.24) is 15.3 Å². The summed E-state index contributed by atoms with van der Waals surface area (Å²) < 4.78 is 0. The highest BCUT2D eigenvalue weighted by Crippen LogP contribution is 2.18. The zero-order valence-electron chi connectivity index (χ0n) is 9.87. The standard InChI is InChI=1S/C11H17ClN4/c1-7-5-16(6-8(2)13-7)11-4-10(12)14-9(3)15-11/h4,7-8,13H,5-6H2,1-3H3/t7-,8+. The van der Waals surface area contributed by atoms with Crippen molar-refractivity contribution in [3.05, 3.63) is 17.0 Å². The monoisotopic (exact) mass is 240 g/mol. The maximum atomic E-state index is 5.95. The molecule has 1 aliphatic heterocycles. The van der Waals surface area contributed by atoms with Crippen LogP contribution in [0.1, 0.15) is 19.7 Å². The van der Waals surface area contributed by atoms with Crippen LogP contribution in [0.3, 0.4) is 0 Å². The van der Waals surface area contributed by atoms with Crippen LogP contribution in [0.4, 0.5) is 5.82 Å². The minimum absolute atomic E-state index is 0.470. The first-order chi connectivity index (χ1) is 7.54. The molecule has 2 atom stereocenters. The van der Waals surface area contributed by atoms with Gasteiger partial charge in [0.15, 0.2) is 0 Å². The summed E-state index contributed by atoms with van der Waals surface area (Å²) in [4.78, 5) is 10.8. The van der Waals surface area contributed by atoms with E-state index in [1.165, 1.54) is 0 Å². The number of aryl methyl sites for hydroxylation is 1. The van der Waals surface area contributed by atoms with Crippen LogP contribution in [-0.2, 0) is 0 Å². The van der Waals surface area contributed by atoms with Crippen LogP contribution in [0, 0.1) is 6.92 Å². The summed E-state index contributed by atoms with van der Waals surface area (Å²) in [6.45, 7) is 8.13. The molecule has 1 aliphatic rings. The average Bonchev–Trinajstić information content (AvgIpc) is 2.14. The summed E-state index contributed by atoms with van der Waals surface area (Å²) in [6, 6.07) is 2.77. The highest BCUT2D eigenvalue weighted by atomic mass is 35.5. The number of anilines is 1. The molecule has 0 spiro atoms. The Hall–Kier alpha value is -0.870. The van der Waals surface area contributed by atoms with Gasteiger partial charge in [-0.05, 0) is 20.8 Å². The number of nitrogens with one attached hydrogen (secondary N) is 1. The summed E-state index contributed by atoms with van der Waals surface area (Å²) in [7, 11) is 0. The largest absolute Gasteiger partial charge is 0.353 e. The van der Waals surface area contributed by atoms with Crippen molar-refractivity contribution in [3.8, 4) is 0 Å². The lowest BCUT2D eigenvalue weighted by atomic mass is 10.1. The molecule has 0 bridgehead atoms. The number of hydrogen-bond acceptors (Lipinski definition) is 4. The number of hydrogen-bond donors (Lipinski definition) is 1. The van der Waals surface area contributed by atoms with Crippen LogP contribution >= 0.6 is 11.6 Å². The number of halogens is 1. The van der Waals surface area contributed by atoms with E-state index < -0.39 is 0 Å². The van der Waals surface area contributed by atoms with E-state index in [-0.39, 0.29) is 0 Å². The van der Waals surface area contributed by atoms with Crippen LogP contribution in [0.5, 0.6) is 0 Å². The molecule has 1 saturated heterocycles. The molecule has 2 heterocycles. The summed E-state index contributed by atoms with van der Waals surface area (Å²) in [5, 5.41) is 4.01. The van der Waals surface area contributed by atoms with Gasteiger partial charge in [0.25, 0.3) is 0 Å². The van der Waals surface area contributed by atoms with E-state index in [1.807, 2.05) is 13.0 Å². The van der Waals surface area contributed by atoms with Crippen LogP contribution in [0.2, 0.25) is 5.15 Å². The topological polar surface area (TPSA) is 41.1 Å². The van der Waals surface area contributed by atoms with Crippen LogP contribution in [-0.4, -0.2) is 35.1 Å². The third-order valence-corrected chi connectivity index (χ3v) is 2.87. The zero-order valence-corrected chi connectivity index (χ0v) is 10.6. The summed E-state index contributed by atoms with van der Waals surface area (Å²) in [5.74, 6) is 1.65. The predicted octanol–water partition coefficient (Wildman–Crippen LogP) is 1.63. The molecular weight excluding hydrogens is 224 g/mol. The Morgan fingerprint density at radius 3 is 2.50 bits per heavy atom. The van der Waals surface area contributed by atoms with E-state index in [4.69, 9.17) is 11.6 Å². The van der Waals surface area contributed by atoms with E-state index in [9.17, 15) is 0 Å². The Balaban J connectivity index is 2.22. The Labute approximate surface area is 101 Å². The van der Waals surface area contributed by atoms with Crippen LogP contribution < -0.4 is 10.2 Å². The molecule has 0 unspecified atom stereocenters. The van der Waals surface area contributed by atoms with Gasteiger partial charge in [0.05, 0.1) is 0 Å². The number of nitrogens with zero attached hydrogens (tertiary/aromatic N) is 3. The number of piperazine rings is 1. The van der Waals surface area contributed by atoms with Gasteiger partial charge in [0.2, 0.25) is 0 Å². The number of rotatable bonds is 1. The van der Waals surface area contributed by atoms with Crippen molar-refractivity contribution in [3.63, 3.8) is 0 Å². The van der Waals surface area contributed by atoms with Gasteiger partial charge >= 0.3 is 0 Å². The van der Waals surface area contributed by atoms with Crippen molar-refractivity contribution >= 4 is 17.4 Å². The lowest BCUT2D eigenvalue weighted by Gasteiger charge is -2.36. The minimum atomic E-state index is 0.470. The molecule has 16 heavy (non-hydrogen) atoms. The first-order valence-corrected chi connectivity index (χ1v) is 5.94. The first kappa shape index (κ1) is 11.6. The third kappa shape index (κ3) is 2.62. The smallest absolute Gasteiger partial charge is 0.134 e. The molecule has 0 aliphatic carbocycles. The van der Waals surface area contributed by atoms with Crippen molar-refractivity contribution in [1.29, 1.82) is 0 Å². The zero-order chi connectivity index (χ0) is 11.7. The molecule has 2 rings (SSSR count). The minimum Gasteiger partial charge on any atom is -0.353 e. The van der Waals surface area contributed by atoms with Gasteiger partial charge in [-0.25, -0.2) is 9.97 Å². The average molecular weight is 241 g/mol. The summed E-state index contributed by atoms with van der Waals surface area (Å²) in [6.07, 6.45) is 0. The van der Waals surface area contributed by atoms with Gasteiger partial charge < -0.3 is 10.2 Å². The second-order valence-electron chi connectivity index (χ2n) is 4.47. The first-order valence-electron chi connectivity index (χ1n) is 5.57. The molecule has 0 saturated carbocycles. The maximum absolute atomic E-state index is 5.95. The predicted molar refractivity (Wildman–Crippen MR) is 66.1 cm³/mol. The normalized spacial score (nSPS) is 25.9. The molecule has 5 heteroatoms. The fraction of sp³-hybridized carbons (Fsp3) is 0.636. The molecule has 1 aromatic rings. The molecule has 0 amide bonds. The second-order valence-corrected chi connectivity index (χ2v) is 4.86. The van der Waals surface area contributed by atoms with E-state index >= 15 is 0 Å². The highest BCUT2D eigenvalue weighted by Gasteiger charge is 2.22. The Morgan fingerprint density at radius 1 is 1.31 bits per heavy atom. The van der Waals surface area contributed by atoms with E-state index in [1.54, 1.807) is 0 Å². The van der Waals surface area contributed by atoms with Crippen LogP contribution in [0.15, 0.2) is 6.07 Å². The maximum Gasteiger partial charge on any atom is 0.134 e. The van der Waals surface area contributed by atoms with E-state index in [2.05, 4.69) is 34.0 Å². The lowest BCUT2D eigenvalue weighted by Crippen LogP contribution is -2.54. The molecule has 4 nitrogen and oxygen atoms in total. The number of aromatic nitrogens is 2. The van der Waals surface area contributed by atoms with Crippen molar-refractivity contribution < 1.29 is 0 Å². The molecule has 0 aromatic carbocycles. The van der Waals surface area contributed by atoms with Crippen molar-refractivity contribution in [2.75, 3.05) is 18.0 Å². The molecule has 1 N–H and O–H groups in total. The third-order valence-electron chi connectivity index (χ3n) is 2.67. The van der Waals surface area contributed by atoms with Gasteiger partial charge in [-0.2, -0.15) is 0 Å². The lowest BCUT2D eigenvalue weighted by molar-refractivity contribution is 0.405. The molecule has 88 valence electrons. The Bertz CT molecular complexity index is 352. The second kappa shape index (κ2) is 4.55. The molecular formula is C11H17ClN4. The van der Waals surface area contributed by atoms with Gasteiger partial charge in [0, 0.05) is 31.2 Å². The van der Waals surface area contributed by atoms with E-state index in [0.717, 1.165) is 24.7 Å². The SMILES string of the molecule is Cc1nc(Cl)cc(N2C[C@@H](C)N[C@@H](C)C2)n1. The van der Waals surface area contributed by atoms with Crippen molar-refractivity contribution in [2.24, 2.45) is 0 Å². The Morgan fingerprint density at radius 2 is 1.94 bits per heavy atom.